The minimum Gasteiger partial charge on any atom is -0.394 e. The number of aromatic nitrogens is 4. The van der Waals surface area contributed by atoms with E-state index < -0.39 is 24.2 Å². The number of fused-ring (bicyclic) bond motifs is 2. The molecule has 0 bridgehead atoms. The highest BCUT2D eigenvalue weighted by molar-refractivity contribution is 5.68. The van der Waals surface area contributed by atoms with Crippen LogP contribution in [0.3, 0.4) is 0 Å². The maximum absolute atomic E-state index is 11.8. The Morgan fingerprint density at radius 1 is 1.36 bits per heavy atom. The fraction of sp³-hybridized carbons (Fsp3) is 0.615. The lowest BCUT2D eigenvalue weighted by atomic mass is 10.1. The zero-order chi connectivity index (χ0) is 15.5. The molecule has 9 heteroatoms. The second kappa shape index (κ2) is 4.59. The van der Waals surface area contributed by atoms with Crippen LogP contribution in [0.25, 0.3) is 11.2 Å². The highest BCUT2D eigenvalue weighted by Crippen LogP contribution is 2.43. The monoisotopic (exact) mass is 308 g/mol. The average Bonchev–Trinajstić information content (AvgIpc) is 3.10. The molecule has 2 N–H and O–H groups in total. The van der Waals surface area contributed by atoms with Gasteiger partial charge in [0.1, 0.15) is 18.3 Å². The predicted octanol–water partition coefficient (Wildman–Crippen LogP) is -0.471. The molecule has 0 aromatic carbocycles. The summed E-state index contributed by atoms with van der Waals surface area (Å²) in [6, 6.07) is 0. The number of rotatable bonds is 2. The van der Waals surface area contributed by atoms with Gasteiger partial charge in [0.15, 0.2) is 23.2 Å². The number of nitrogens with zero attached hydrogens (tertiary/aromatic N) is 3. The van der Waals surface area contributed by atoms with E-state index in [1.165, 1.54) is 12.7 Å². The number of nitrogens with one attached hydrogen (secondary N) is 1. The standard InChI is InChI=1S/C13H16N4O5/c1-13(2)21-8-6(3-18)20-12(9(8)22-13)17-5-16-7-10(17)14-4-15-11(7)19/h4-6,8-9,12,18H,3H2,1-2H3,(H,14,15,19)/t6-,8+,9+,12+/m1/s1. The highest BCUT2D eigenvalue weighted by Gasteiger charge is 2.55. The van der Waals surface area contributed by atoms with Gasteiger partial charge in [-0.1, -0.05) is 0 Å². The Bertz CT molecular complexity index is 769. The van der Waals surface area contributed by atoms with Gasteiger partial charge in [-0.2, -0.15) is 0 Å². The maximum atomic E-state index is 11.8. The van der Waals surface area contributed by atoms with Crippen LogP contribution in [-0.4, -0.2) is 55.3 Å². The molecular weight excluding hydrogens is 292 g/mol. The van der Waals surface area contributed by atoms with Crippen molar-refractivity contribution in [1.82, 2.24) is 19.5 Å². The Balaban J connectivity index is 1.78. The molecule has 0 amide bonds. The van der Waals surface area contributed by atoms with Crippen LogP contribution in [0.4, 0.5) is 0 Å². The van der Waals surface area contributed by atoms with Crippen LogP contribution in [0.15, 0.2) is 17.4 Å². The van der Waals surface area contributed by atoms with E-state index in [0.717, 1.165) is 0 Å². The lowest BCUT2D eigenvalue weighted by molar-refractivity contribution is -0.199. The largest absolute Gasteiger partial charge is 0.394 e. The Morgan fingerprint density at radius 3 is 2.91 bits per heavy atom. The van der Waals surface area contributed by atoms with Crippen molar-refractivity contribution in [2.24, 2.45) is 0 Å². The molecule has 2 saturated heterocycles. The van der Waals surface area contributed by atoms with Gasteiger partial charge in [0.2, 0.25) is 0 Å². The number of H-pyrrole nitrogens is 1. The molecule has 2 aliphatic rings. The molecule has 118 valence electrons. The summed E-state index contributed by atoms with van der Waals surface area (Å²) >= 11 is 0. The minimum atomic E-state index is -0.758. The van der Waals surface area contributed by atoms with E-state index in [9.17, 15) is 9.90 Å². The first-order chi connectivity index (χ1) is 10.5. The minimum absolute atomic E-state index is 0.183. The van der Waals surface area contributed by atoms with Crippen molar-refractivity contribution in [3.63, 3.8) is 0 Å². The highest BCUT2D eigenvalue weighted by atomic mass is 16.8. The summed E-state index contributed by atoms with van der Waals surface area (Å²) in [4.78, 5) is 22.5. The molecule has 0 unspecified atom stereocenters. The molecule has 0 radical (unpaired) electrons. The van der Waals surface area contributed by atoms with Crippen molar-refractivity contribution in [2.75, 3.05) is 6.61 Å². The van der Waals surface area contributed by atoms with Gasteiger partial charge in [-0.15, -0.1) is 0 Å². The fourth-order valence-electron chi connectivity index (χ4n) is 3.08. The SMILES string of the molecule is CC1(C)O[C@@H]2[C@H](O1)[C@@H](n1cnc3c(=O)[nH]cnc31)O[C@@H]2CO. The van der Waals surface area contributed by atoms with Gasteiger partial charge < -0.3 is 24.3 Å². The zero-order valence-corrected chi connectivity index (χ0v) is 12.1. The van der Waals surface area contributed by atoms with Crippen molar-refractivity contribution in [1.29, 1.82) is 0 Å². The topological polar surface area (TPSA) is 111 Å². The van der Waals surface area contributed by atoms with Crippen LogP contribution in [0.1, 0.15) is 20.1 Å². The molecule has 4 heterocycles. The summed E-state index contributed by atoms with van der Waals surface area (Å²) in [5.41, 5.74) is 0.314. The summed E-state index contributed by atoms with van der Waals surface area (Å²) in [5.74, 6) is -0.758. The van der Waals surface area contributed by atoms with Gasteiger partial charge in [0, 0.05) is 0 Å². The molecule has 2 aromatic rings. The Hall–Kier alpha value is -1.81. The Labute approximate surface area is 124 Å². The molecule has 4 rings (SSSR count). The number of hydrogen-bond donors (Lipinski definition) is 2. The van der Waals surface area contributed by atoms with Gasteiger partial charge >= 0.3 is 0 Å². The number of aromatic amines is 1. The predicted molar refractivity (Wildman–Crippen MR) is 73.0 cm³/mol. The summed E-state index contributed by atoms with van der Waals surface area (Å²) in [6.07, 6.45) is 0.937. The molecule has 2 aromatic heterocycles. The van der Waals surface area contributed by atoms with E-state index in [1.54, 1.807) is 4.57 Å². The van der Waals surface area contributed by atoms with Crippen molar-refractivity contribution < 1.29 is 19.3 Å². The lowest BCUT2D eigenvalue weighted by Gasteiger charge is -2.24. The van der Waals surface area contributed by atoms with E-state index >= 15 is 0 Å². The van der Waals surface area contributed by atoms with Crippen LogP contribution in [0.5, 0.6) is 0 Å². The van der Waals surface area contributed by atoms with Crippen molar-refractivity contribution in [3.8, 4) is 0 Å². The van der Waals surface area contributed by atoms with Gasteiger partial charge in [-0.3, -0.25) is 9.36 Å². The fourth-order valence-corrected chi connectivity index (χ4v) is 3.08. The molecule has 9 nitrogen and oxygen atoms in total. The zero-order valence-electron chi connectivity index (χ0n) is 12.1. The third-order valence-electron chi connectivity index (χ3n) is 3.94. The number of hydrogen-bond acceptors (Lipinski definition) is 7. The van der Waals surface area contributed by atoms with Crippen LogP contribution in [0, 0.1) is 0 Å². The molecule has 0 spiro atoms. The summed E-state index contributed by atoms with van der Waals surface area (Å²) in [7, 11) is 0. The van der Waals surface area contributed by atoms with Gasteiger partial charge in [-0.25, -0.2) is 9.97 Å². The van der Waals surface area contributed by atoms with Gasteiger partial charge in [-0.05, 0) is 13.8 Å². The lowest BCUT2D eigenvalue weighted by Crippen LogP contribution is -2.31. The van der Waals surface area contributed by atoms with Gasteiger partial charge in [0.05, 0.1) is 19.3 Å². The summed E-state index contributed by atoms with van der Waals surface area (Å²) in [6.45, 7) is 3.44. The van der Waals surface area contributed by atoms with Crippen LogP contribution < -0.4 is 5.56 Å². The second-order valence-electron chi connectivity index (χ2n) is 5.87. The maximum Gasteiger partial charge on any atom is 0.278 e. The summed E-state index contributed by atoms with van der Waals surface area (Å²) in [5, 5.41) is 9.50. The number of imidazole rings is 1. The summed E-state index contributed by atoms with van der Waals surface area (Å²) < 4.78 is 19.2. The van der Waals surface area contributed by atoms with Gasteiger partial charge in [0.25, 0.3) is 5.56 Å². The first-order valence-corrected chi connectivity index (χ1v) is 7.02. The number of aliphatic hydroxyl groups is 1. The van der Waals surface area contributed by atoms with E-state index in [4.69, 9.17) is 14.2 Å². The first kappa shape index (κ1) is 13.8. The normalized spacial score (nSPS) is 33.4. The van der Waals surface area contributed by atoms with E-state index in [1.807, 2.05) is 13.8 Å². The molecule has 0 aliphatic carbocycles. The quantitative estimate of drug-likeness (QED) is 0.771. The third-order valence-corrected chi connectivity index (χ3v) is 3.94. The smallest absolute Gasteiger partial charge is 0.278 e. The molecule has 4 atom stereocenters. The Kier molecular flexibility index (Phi) is 2.89. The van der Waals surface area contributed by atoms with Crippen LogP contribution in [0.2, 0.25) is 0 Å². The third kappa shape index (κ3) is 1.90. The molecule has 2 fully saturated rings. The van der Waals surface area contributed by atoms with E-state index in [2.05, 4.69) is 15.0 Å². The van der Waals surface area contributed by atoms with Crippen LogP contribution in [-0.2, 0) is 14.2 Å². The number of ether oxygens (including phenoxy) is 3. The molecular formula is C13H16N4O5. The first-order valence-electron chi connectivity index (χ1n) is 7.02. The van der Waals surface area contributed by atoms with Crippen molar-refractivity contribution in [3.05, 3.63) is 23.0 Å². The van der Waals surface area contributed by atoms with E-state index in [0.29, 0.717) is 5.65 Å². The molecule has 22 heavy (non-hydrogen) atoms. The second-order valence-corrected chi connectivity index (χ2v) is 5.87. The Morgan fingerprint density at radius 2 is 2.14 bits per heavy atom. The van der Waals surface area contributed by atoms with E-state index in [-0.39, 0.29) is 23.8 Å². The van der Waals surface area contributed by atoms with Crippen molar-refractivity contribution in [2.45, 2.75) is 44.2 Å². The van der Waals surface area contributed by atoms with Crippen molar-refractivity contribution >= 4 is 11.2 Å². The van der Waals surface area contributed by atoms with Crippen LogP contribution >= 0.6 is 0 Å². The average molecular weight is 308 g/mol. The number of aliphatic hydroxyl groups excluding tert-OH is 1. The molecule has 2 aliphatic heterocycles. The molecule has 0 saturated carbocycles.